The van der Waals surface area contributed by atoms with Crippen molar-refractivity contribution in [3.63, 3.8) is 0 Å². The van der Waals surface area contributed by atoms with Crippen molar-refractivity contribution in [1.29, 1.82) is 0 Å². The van der Waals surface area contributed by atoms with Gasteiger partial charge >= 0.3 is 0 Å². The molecule has 4 rings (SSSR count). The summed E-state index contributed by atoms with van der Waals surface area (Å²) >= 11 is 3.55. The molecule has 4 aromatic rings. The molecule has 0 aliphatic heterocycles. The van der Waals surface area contributed by atoms with Crippen LogP contribution in [-0.2, 0) is 0 Å². The second kappa shape index (κ2) is 4.32. The molecule has 0 nitrogen and oxygen atoms in total. The molecule has 20 heavy (non-hydrogen) atoms. The molecule has 0 unspecified atom stereocenters. The summed E-state index contributed by atoms with van der Waals surface area (Å²) in [6, 6.07) is 21.9. The second-order valence-corrected chi connectivity index (χ2v) is 6.18. The van der Waals surface area contributed by atoms with Crippen LogP contribution in [-0.4, -0.2) is 0 Å². The number of hydrogen-bond acceptors (Lipinski definition) is 0. The molecule has 0 aliphatic rings. The molecular formula is C19H13Br. The number of aryl methyl sites for hydroxylation is 1. The molecule has 0 aliphatic carbocycles. The van der Waals surface area contributed by atoms with Crippen molar-refractivity contribution in [3.8, 4) is 0 Å². The van der Waals surface area contributed by atoms with Gasteiger partial charge in [-0.2, -0.15) is 0 Å². The van der Waals surface area contributed by atoms with Crippen LogP contribution in [0.25, 0.3) is 32.3 Å². The van der Waals surface area contributed by atoms with Crippen molar-refractivity contribution in [2.45, 2.75) is 6.92 Å². The van der Waals surface area contributed by atoms with Crippen molar-refractivity contribution >= 4 is 48.2 Å². The Morgan fingerprint density at radius 1 is 0.650 bits per heavy atom. The van der Waals surface area contributed by atoms with E-state index in [9.17, 15) is 0 Å². The predicted octanol–water partition coefficient (Wildman–Crippen LogP) is 6.22. The van der Waals surface area contributed by atoms with Gasteiger partial charge in [-0.3, -0.25) is 0 Å². The third-order valence-electron chi connectivity index (χ3n) is 4.03. The zero-order valence-corrected chi connectivity index (χ0v) is 12.7. The molecule has 0 atom stereocenters. The lowest BCUT2D eigenvalue weighted by Crippen LogP contribution is -1.84. The predicted molar refractivity (Wildman–Crippen MR) is 91.4 cm³/mol. The lowest BCUT2D eigenvalue weighted by atomic mass is 9.94. The largest absolute Gasteiger partial charge is 0.0616 e. The smallest absolute Gasteiger partial charge is 0.0181 e. The van der Waals surface area contributed by atoms with Crippen LogP contribution in [0.5, 0.6) is 0 Å². The molecule has 0 saturated carbocycles. The van der Waals surface area contributed by atoms with Gasteiger partial charge in [0.05, 0.1) is 0 Å². The molecule has 0 radical (unpaired) electrons. The normalized spacial score (nSPS) is 11.5. The van der Waals surface area contributed by atoms with Crippen LogP contribution >= 0.6 is 15.9 Å². The summed E-state index contributed by atoms with van der Waals surface area (Å²) in [5.74, 6) is 0. The van der Waals surface area contributed by atoms with Crippen LogP contribution in [0.3, 0.4) is 0 Å². The monoisotopic (exact) mass is 320 g/mol. The van der Waals surface area contributed by atoms with E-state index in [0.29, 0.717) is 0 Å². The van der Waals surface area contributed by atoms with Crippen molar-refractivity contribution in [2.24, 2.45) is 0 Å². The summed E-state index contributed by atoms with van der Waals surface area (Å²) in [4.78, 5) is 0. The minimum atomic E-state index is 1.13. The summed E-state index contributed by atoms with van der Waals surface area (Å²) in [7, 11) is 0. The van der Waals surface area contributed by atoms with E-state index >= 15 is 0 Å². The minimum Gasteiger partial charge on any atom is -0.0616 e. The van der Waals surface area contributed by atoms with Gasteiger partial charge in [-0.1, -0.05) is 64.5 Å². The van der Waals surface area contributed by atoms with Crippen LogP contribution < -0.4 is 0 Å². The Kier molecular flexibility index (Phi) is 2.58. The number of halogens is 1. The van der Waals surface area contributed by atoms with Crippen molar-refractivity contribution in [2.75, 3.05) is 0 Å². The average molecular weight is 321 g/mol. The van der Waals surface area contributed by atoms with E-state index < -0.39 is 0 Å². The van der Waals surface area contributed by atoms with E-state index in [1.807, 2.05) is 0 Å². The molecule has 0 aromatic heterocycles. The molecule has 0 N–H and O–H groups in total. The third-order valence-corrected chi connectivity index (χ3v) is 4.52. The van der Waals surface area contributed by atoms with Crippen molar-refractivity contribution in [1.82, 2.24) is 0 Å². The van der Waals surface area contributed by atoms with Gasteiger partial charge in [0.25, 0.3) is 0 Å². The molecular weight excluding hydrogens is 308 g/mol. The van der Waals surface area contributed by atoms with Gasteiger partial charge in [0.15, 0.2) is 0 Å². The van der Waals surface area contributed by atoms with E-state index in [1.165, 1.54) is 37.9 Å². The molecule has 0 spiro atoms. The summed E-state index contributed by atoms with van der Waals surface area (Å²) < 4.78 is 1.13. The first-order valence-electron chi connectivity index (χ1n) is 6.74. The first-order chi connectivity index (χ1) is 9.74. The van der Waals surface area contributed by atoms with Gasteiger partial charge in [0.1, 0.15) is 0 Å². The summed E-state index contributed by atoms with van der Waals surface area (Å²) in [6.45, 7) is 2.19. The maximum atomic E-state index is 3.55. The van der Waals surface area contributed by atoms with Crippen LogP contribution in [0.1, 0.15) is 5.56 Å². The van der Waals surface area contributed by atoms with E-state index in [-0.39, 0.29) is 0 Å². The molecule has 0 bridgehead atoms. The fraction of sp³-hybridized carbons (Fsp3) is 0.0526. The Morgan fingerprint density at radius 3 is 2.20 bits per heavy atom. The lowest BCUT2D eigenvalue weighted by molar-refractivity contribution is 1.56. The lowest BCUT2D eigenvalue weighted by Gasteiger charge is -2.10. The summed E-state index contributed by atoms with van der Waals surface area (Å²) in [5, 5.41) is 7.96. The van der Waals surface area contributed by atoms with Gasteiger partial charge in [-0.15, -0.1) is 0 Å². The maximum absolute atomic E-state index is 3.55. The van der Waals surface area contributed by atoms with Gasteiger partial charge in [0, 0.05) is 4.47 Å². The first-order valence-corrected chi connectivity index (χ1v) is 7.54. The van der Waals surface area contributed by atoms with Crippen LogP contribution in [0.15, 0.2) is 65.1 Å². The van der Waals surface area contributed by atoms with E-state index in [2.05, 4.69) is 83.5 Å². The molecule has 96 valence electrons. The Bertz CT molecular complexity index is 967. The summed E-state index contributed by atoms with van der Waals surface area (Å²) in [5.41, 5.74) is 1.34. The number of benzene rings is 4. The van der Waals surface area contributed by atoms with E-state index in [0.717, 1.165) is 4.47 Å². The Morgan fingerprint density at radius 2 is 1.35 bits per heavy atom. The Balaban J connectivity index is 2.29. The van der Waals surface area contributed by atoms with Crippen molar-refractivity contribution in [3.05, 3.63) is 70.7 Å². The zero-order chi connectivity index (χ0) is 13.7. The molecule has 1 heteroatoms. The summed E-state index contributed by atoms with van der Waals surface area (Å²) in [6.07, 6.45) is 0. The Labute approximate surface area is 126 Å². The van der Waals surface area contributed by atoms with Gasteiger partial charge < -0.3 is 0 Å². The maximum Gasteiger partial charge on any atom is 0.0181 e. The standard InChI is InChI=1S/C19H13Br/c1-12-10-19-16-9-7-14(20)11-13(16)6-8-18(19)17-5-3-2-4-15(12)17/h2-11H,1H3. The average Bonchev–Trinajstić information content (AvgIpc) is 2.47. The highest BCUT2D eigenvalue weighted by atomic mass is 79.9. The highest BCUT2D eigenvalue weighted by Gasteiger charge is 2.06. The van der Waals surface area contributed by atoms with Gasteiger partial charge in [-0.05, 0) is 56.9 Å². The van der Waals surface area contributed by atoms with Crippen LogP contribution in [0.4, 0.5) is 0 Å². The van der Waals surface area contributed by atoms with Gasteiger partial charge in [0.2, 0.25) is 0 Å². The third kappa shape index (κ3) is 1.66. The SMILES string of the molecule is Cc1cc2c3ccc(Br)cc3ccc2c2ccccc12. The molecule has 4 aromatic carbocycles. The Hall–Kier alpha value is -1.86. The highest BCUT2D eigenvalue weighted by molar-refractivity contribution is 9.10. The fourth-order valence-electron chi connectivity index (χ4n) is 3.07. The quantitative estimate of drug-likeness (QED) is 0.337. The molecule has 0 fully saturated rings. The number of hydrogen-bond donors (Lipinski definition) is 0. The van der Waals surface area contributed by atoms with Crippen LogP contribution in [0.2, 0.25) is 0 Å². The van der Waals surface area contributed by atoms with Crippen molar-refractivity contribution < 1.29 is 0 Å². The zero-order valence-electron chi connectivity index (χ0n) is 11.2. The number of rotatable bonds is 0. The highest BCUT2D eigenvalue weighted by Crippen LogP contribution is 2.34. The van der Waals surface area contributed by atoms with Gasteiger partial charge in [-0.25, -0.2) is 0 Å². The van der Waals surface area contributed by atoms with Crippen LogP contribution in [0, 0.1) is 6.92 Å². The second-order valence-electron chi connectivity index (χ2n) is 5.27. The topological polar surface area (TPSA) is 0 Å². The minimum absolute atomic E-state index is 1.13. The van der Waals surface area contributed by atoms with E-state index in [4.69, 9.17) is 0 Å². The van der Waals surface area contributed by atoms with E-state index in [1.54, 1.807) is 0 Å². The fourth-order valence-corrected chi connectivity index (χ4v) is 3.45. The molecule has 0 heterocycles. The molecule has 0 saturated heterocycles. The molecule has 0 amide bonds. The number of fused-ring (bicyclic) bond motifs is 5. The first kappa shape index (κ1) is 11.9.